The first-order valence-electron chi connectivity index (χ1n) is 4.69. The van der Waals surface area contributed by atoms with E-state index >= 15 is 0 Å². The topological polar surface area (TPSA) is 43.8 Å². The van der Waals surface area contributed by atoms with Crippen molar-refractivity contribution in [3.05, 3.63) is 46.7 Å². The lowest BCUT2D eigenvalue weighted by Crippen LogP contribution is -2.06. The van der Waals surface area contributed by atoms with Crippen LogP contribution in [0.15, 0.2) is 30.5 Å². The zero-order valence-corrected chi connectivity index (χ0v) is 9.20. The van der Waals surface area contributed by atoms with Crippen molar-refractivity contribution in [2.45, 2.75) is 13.5 Å². The molecule has 78 valence electrons. The van der Waals surface area contributed by atoms with Crippen molar-refractivity contribution >= 4 is 17.5 Å². The second kappa shape index (κ2) is 3.95. The molecule has 1 aromatic heterocycles. The van der Waals surface area contributed by atoms with Crippen LogP contribution in [0.5, 0.6) is 0 Å². The first kappa shape index (κ1) is 10.1. The lowest BCUT2D eigenvalue weighted by atomic mass is 10.2. The number of hydrogen-bond acceptors (Lipinski definition) is 2. The van der Waals surface area contributed by atoms with Crippen molar-refractivity contribution in [1.82, 2.24) is 9.55 Å². The largest absolute Gasteiger partial charge is 0.369 e. The summed E-state index contributed by atoms with van der Waals surface area (Å²) in [5.41, 5.74) is 7.96. The molecule has 0 aliphatic rings. The summed E-state index contributed by atoms with van der Waals surface area (Å²) in [5.74, 6) is 0.544. The van der Waals surface area contributed by atoms with Gasteiger partial charge >= 0.3 is 0 Å². The van der Waals surface area contributed by atoms with Crippen LogP contribution in [0.25, 0.3) is 0 Å². The van der Waals surface area contributed by atoms with Gasteiger partial charge in [0.1, 0.15) is 0 Å². The number of benzene rings is 1. The number of halogens is 1. The number of anilines is 1. The smallest absolute Gasteiger partial charge is 0.200 e. The third-order valence-corrected chi connectivity index (χ3v) is 2.59. The predicted molar refractivity (Wildman–Crippen MR) is 61.9 cm³/mol. The zero-order valence-electron chi connectivity index (χ0n) is 8.44. The molecule has 0 spiro atoms. The zero-order chi connectivity index (χ0) is 10.8. The average molecular weight is 222 g/mol. The van der Waals surface area contributed by atoms with Crippen LogP contribution in [0.3, 0.4) is 0 Å². The lowest BCUT2D eigenvalue weighted by molar-refractivity contribution is 0.783. The van der Waals surface area contributed by atoms with Gasteiger partial charge in [-0.2, -0.15) is 0 Å². The Balaban J connectivity index is 2.25. The highest BCUT2D eigenvalue weighted by Crippen LogP contribution is 2.13. The third kappa shape index (κ3) is 2.13. The Morgan fingerprint density at radius 1 is 1.33 bits per heavy atom. The molecule has 2 aromatic rings. The Bertz CT molecular complexity index is 440. The van der Waals surface area contributed by atoms with Crippen molar-refractivity contribution < 1.29 is 0 Å². The van der Waals surface area contributed by atoms with E-state index in [0.29, 0.717) is 5.95 Å². The highest BCUT2D eigenvalue weighted by molar-refractivity contribution is 6.30. The Kier molecular flexibility index (Phi) is 2.64. The van der Waals surface area contributed by atoms with Gasteiger partial charge in [-0.3, -0.25) is 0 Å². The number of nitrogen functional groups attached to an aromatic ring is 1. The summed E-state index contributed by atoms with van der Waals surface area (Å²) in [6, 6.07) is 7.72. The second-order valence-electron chi connectivity index (χ2n) is 3.47. The molecular formula is C11H12ClN3. The fraction of sp³-hybridized carbons (Fsp3) is 0.182. The second-order valence-corrected chi connectivity index (χ2v) is 3.91. The van der Waals surface area contributed by atoms with E-state index in [1.165, 1.54) is 0 Å². The van der Waals surface area contributed by atoms with E-state index in [1.54, 1.807) is 6.20 Å². The number of rotatable bonds is 2. The van der Waals surface area contributed by atoms with E-state index in [0.717, 1.165) is 22.8 Å². The fourth-order valence-electron chi connectivity index (χ4n) is 1.46. The summed E-state index contributed by atoms with van der Waals surface area (Å²) >= 11 is 5.81. The Labute approximate surface area is 93.5 Å². The summed E-state index contributed by atoms with van der Waals surface area (Å²) in [5, 5.41) is 0.745. The van der Waals surface area contributed by atoms with Crippen LogP contribution in [-0.4, -0.2) is 9.55 Å². The maximum absolute atomic E-state index is 5.81. The molecule has 3 nitrogen and oxygen atoms in total. The standard InChI is InChI=1S/C11H12ClN3/c1-8-6-14-11(13)15(8)7-9-2-4-10(12)5-3-9/h2-6H,7H2,1H3,(H2,13,14). The maximum atomic E-state index is 5.81. The number of aromatic nitrogens is 2. The molecule has 2 N–H and O–H groups in total. The Morgan fingerprint density at radius 2 is 2.00 bits per heavy atom. The molecule has 0 unspecified atom stereocenters. The highest BCUT2D eigenvalue weighted by atomic mass is 35.5. The molecule has 1 aromatic carbocycles. The average Bonchev–Trinajstić information content (AvgIpc) is 2.53. The molecule has 15 heavy (non-hydrogen) atoms. The minimum atomic E-state index is 0.544. The molecule has 0 aliphatic heterocycles. The van der Waals surface area contributed by atoms with Gasteiger partial charge in [0.25, 0.3) is 0 Å². The van der Waals surface area contributed by atoms with Gasteiger partial charge in [0.05, 0.1) is 12.7 Å². The van der Waals surface area contributed by atoms with E-state index in [2.05, 4.69) is 4.98 Å². The van der Waals surface area contributed by atoms with Crippen LogP contribution in [-0.2, 0) is 6.54 Å². The van der Waals surface area contributed by atoms with Crippen LogP contribution in [0, 0.1) is 6.92 Å². The maximum Gasteiger partial charge on any atom is 0.200 e. The summed E-state index contributed by atoms with van der Waals surface area (Å²) < 4.78 is 1.96. The number of hydrogen-bond donors (Lipinski definition) is 1. The van der Waals surface area contributed by atoms with Gasteiger partial charge in [0.2, 0.25) is 5.95 Å². The first-order chi connectivity index (χ1) is 7.16. The van der Waals surface area contributed by atoms with Crippen molar-refractivity contribution in [3.63, 3.8) is 0 Å². The van der Waals surface area contributed by atoms with E-state index in [-0.39, 0.29) is 0 Å². The van der Waals surface area contributed by atoms with E-state index in [9.17, 15) is 0 Å². The molecule has 0 amide bonds. The Hall–Kier alpha value is -1.48. The minimum absolute atomic E-state index is 0.544. The summed E-state index contributed by atoms with van der Waals surface area (Å²) in [4.78, 5) is 4.04. The van der Waals surface area contributed by atoms with Gasteiger partial charge < -0.3 is 10.3 Å². The fourth-order valence-corrected chi connectivity index (χ4v) is 1.58. The van der Waals surface area contributed by atoms with E-state index in [1.807, 2.05) is 35.8 Å². The molecule has 0 fully saturated rings. The molecule has 1 heterocycles. The van der Waals surface area contributed by atoms with Crippen LogP contribution in [0.2, 0.25) is 5.02 Å². The van der Waals surface area contributed by atoms with Crippen molar-refractivity contribution in [1.29, 1.82) is 0 Å². The summed E-state index contributed by atoms with van der Waals surface area (Å²) in [7, 11) is 0. The van der Waals surface area contributed by atoms with Crippen LogP contribution in [0.4, 0.5) is 5.95 Å². The number of nitrogens with two attached hydrogens (primary N) is 1. The normalized spacial score (nSPS) is 10.5. The van der Waals surface area contributed by atoms with Crippen LogP contribution >= 0.6 is 11.6 Å². The van der Waals surface area contributed by atoms with Crippen molar-refractivity contribution in [2.24, 2.45) is 0 Å². The van der Waals surface area contributed by atoms with Crippen LogP contribution < -0.4 is 5.73 Å². The van der Waals surface area contributed by atoms with Gasteiger partial charge in [-0.25, -0.2) is 4.98 Å². The predicted octanol–water partition coefficient (Wildman–Crippen LogP) is 2.48. The number of imidazole rings is 1. The molecule has 0 aliphatic carbocycles. The van der Waals surface area contributed by atoms with E-state index < -0.39 is 0 Å². The quantitative estimate of drug-likeness (QED) is 0.847. The number of nitrogens with zero attached hydrogens (tertiary/aromatic N) is 2. The molecule has 2 rings (SSSR count). The summed E-state index contributed by atoms with van der Waals surface area (Å²) in [6.07, 6.45) is 1.77. The molecule has 4 heteroatoms. The first-order valence-corrected chi connectivity index (χ1v) is 5.06. The molecular weight excluding hydrogens is 210 g/mol. The van der Waals surface area contributed by atoms with Gasteiger partial charge in [-0.15, -0.1) is 0 Å². The lowest BCUT2D eigenvalue weighted by Gasteiger charge is -2.07. The SMILES string of the molecule is Cc1cnc(N)n1Cc1ccc(Cl)cc1. The molecule has 0 saturated heterocycles. The van der Waals surface area contributed by atoms with Crippen LogP contribution in [0.1, 0.15) is 11.3 Å². The summed E-state index contributed by atoms with van der Waals surface area (Å²) in [6.45, 7) is 2.72. The van der Waals surface area contributed by atoms with Gasteiger partial charge in [-0.05, 0) is 24.6 Å². The van der Waals surface area contributed by atoms with E-state index in [4.69, 9.17) is 17.3 Å². The van der Waals surface area contributed by atoms with Gasteiger partial charge in [-0.1, -0.05) is 23.7 Å². The molecule has 0 bridgehead atoms. The minimum Gasteiger partial charge on any atom is -0.369 e. The van der Waals surface area contributed by atoms with Gasteiger partial charge in [0.15, 0.2) is 0 Å². The Morgan fingerprint density at radius 3 is 2.53 bits per heavy atom. The molecule has 0 saturated carbocycles. The van der Waals surface area contributed by atoms with Crippen molar-refractivity contribution in [2.75, 3.05) is 5.73 Å². The highest BCUT2D eigenvalue weighted by Gasteiger charge is 2.03. The molecule has 0 atom stereocenters. The third-order valence-electron chi connectivity index (χ3n) is 2.34. The number of aryl methyl sites for hydroxylation is 1. The van der Waals surface area contributed by atoms with Gasteiger partial charge in [0, 0.05) is 10.7 Å². The monoisotopic (exact) mass is 221 g/mol. The van der Waals surface area contributed by atoms with Crippen molar-refractivity contribution in [3.8, 4) is 0 Å². The molecule has 0 radical (unpaired) electrons.